The van der Waals surface area contributed by atoms with E-state index in [4.69, 9.17) is 5.73 Å². The van der Waals surface area contributed by atoms with E-state index in [1.165, 1.54) is 6.07 Å². The van der Waals surface area contributed by atoms with Gasteiger partial charge >= 0.3 is 0 Å². The Bertz CT molecular complexity index is 516. The van der Waals surface area contributed by atoms with E-state index in [0.717, 1.165) is 0 Å². The number of nitrogens with one attached hydrogen (secondary N) is 1. The van der Waals surface area contributed by atoms with Gasteiger partial charge in [0.25, 0.3) is 5.91 Å². The standard InChI is InChI=1S/C10H9FN2O/c1-5-8(10(12)14)6-3-2-4-7(11)9(6)13-5/h2-4,13H,1H3,(H2,12,14). The number of benzene rings is 1. The largest absolute Gasteiger partial charge is 0.366 e. The molecule has 4 heteroatoms. The highest BCUT2D eigenvalue weighted by Crippen LogP contribution is 2.23. The predicted molar refractivity (Wildman–Crippen MR) is 51.5 cm³/mol. The van der Waals surface area contributed by atoms with Crippen LogP contribution >= 0.6 is 0 Å². The number of nitrogens with two attached hydrogens (primary N) is 1. The molecule has 0 saturated carbocycles. The Hall–Kier alpha value is -1.84. The number of hydrogen-bond acceptors (Lipinski definition) is 1. The summed E-state index contributed by atoms with van der Waals surface area (Å²) in [6.07, 6.45) is 0. The molecule has 0 bridgehead atoms. The Kier molecular flexibility index (Phi) is 1.77. The lowest BCUT2D eigenvalue weighted by molar-refractivity contribution is 0.100. The molecule has 0 fully saturated rings. The van der Waals surface area contributed by atoms with Gasteiger partial charge in [-0.25, -0.2) is 4.39 Å². The molecule has 1 aromatic heterocycles. The number of para-hydroxylation sites is 1. The average Bonchev–Trinajstić information content (AvgIpc) is 2.42. The van der Waals surface area contributed by atoms with E-state index in [-0.39, 0.29) is 5.82 Å². The lowest BCUT2D eigenvalue weighted by Gasteiger charge is -1.94. The Morgan fingerprint density at radius 2 is 2.21 bits per heavy atom. The number of carbonyl (C=O) groups is 1. The fourth-order valence-corrected chi connectivity index (χ4v) is 1.63. The van der Waals surface area contributed by atoms with Gasteiger partial charge < -0.3 is 10.7 Å². The van der Waals surface area contributed by atoms with E-state index in [1.54, 1.807) is 19.1 Å². The van der Waals surface area contributed by atoms with Gasteiger partial charge in [0, 0.05) is 11.1 Å². The molecule has 0 unspecified atom stereocenters. The second-order valence-electron chi connectivity index (χ2n) is 3.15. The molecule has 72 valence electrons. The zero-order chi connectivity index (χ0) is 10.3. The molecule has 0 radical (unpaired) electrons. The van der Waals surface area contributed by atoms with Crippen molar-refractivity contribution in [2.75, 3.05) is 0 Å². The van der Waals surface area contributed by atoms with Crippen molar-refractivity contribution >= 4 is 16.8 Å². The van der Waals surface area contributed by atoms with Crippen LogP contribution in [0.15, 0.2) is 18.2 Å². The summed E-state index contributed by atoms with van der Waals surface area (Å²) in [5.41, 5.74) is 6.48. The van der Waals surface area contributed by atoms with Crippen LogP contribution in [-0.4, -0.2) is 10.9 Å². The molecular formula is C10H9FN2O. The number of H-pyrrole nitrogens is 1. The van der Waals surface area contributed by atoms with Gasteiger partial charge in [0.15, 0.2) is 0 Å². The van der Waals surface area contributed by atoms with E-state index in [0.29, 0.717) is 22.2 Å². The highest BCUT2D eigenvalue weighted by Gasteiger charge is 2.14. The third-order valence-corrected chi connectivity index (χ3v) is 2.22. The molecule has 14 heavy (non-hydrogen) atoms. The maximum atomic E-state index is 13.3. The SMILES string of the molecule is Cc1[nH]c2c(F)cccc2c1C(N)=O. The first-order valence-corrected chi connectivity index (χ1v) is 4.18. The fraction of sp³-hybridized carbons (Fsp3) is 0.100. The van der Waals surface area contributed by atoms with Crippen LogP contribution in [0.5, 0.6) is 0 Å². The van der Waals surface area contributed by atoms with Crippen LogP contribution in [0, 0.1) is 12.7 Å². The van der Waals surface area contributed by atoms with Crippen molar-refractivity contribution in [3.8, 4) is 0 Å². The number of aromatic amines is 1. The van der Waals surface area contributed by atoms with E-state index >= 15 is 0 Å². The molecule has 3 nitrogen and oxygen atoms in total. The second-order valence-corrected chi connectivity index (χ2v) is 3.15. The Morgan fingerprint density at radius 3 is 2.86 bits per heavy atom. The number of carbonyl (C=O) groups excluding carboxylic acids is 1. The minimum absolute atomic E-state index is 0.332. The van der Waals surface area contributed by atoms with Crippen LogP contribution in [0.4, 0.5) is 4.39 Å². The van der Waals surface area contributed by atoms with E-state index in [9.17, 15) is 9.18 Å². The summed E-state index contributed by atoms with van der Waals surface area (Å²) in [6, 6.07) is 4.56. The van der Waals surface area contributed by atoms with Crippen molar-refractivity contribution in [3.05, 3.63) is 35.3 Å². The van der Waals surface area contributed by atoms with Gasteiger partial charge in [0.05, 0.1) is 11.1 Å². The first-order chi connectivity index (χ1) is 6.61. The van der Waals surface area contributed by atoms with Crippen molar-refractivity contribution in [1.29, 1.82) is 0 Å². The van der Waals surface area contributed by atoms with Crippen LogP contribution in [0.1, 0.15) is 16.1 Å². The molecule has 0 spiro atoms. The van der Waals surface area contributed by atoms with Crippen LogP contribution in [0.25, 0.3) is 10.9 Å². The number of aryl methyl sites for hydroxylation is 1. The van der Waals surface area contributed by atoms with E-state index in [1.807, 2.05) is 0 Å². The summed E-state index contributed by atoms with van der Waals surface area (Å²) in [6.45, 7) is 1.69. The number of primary amides is 1. The number of halogens is 1. The van der Waals surface area contributed by atoms with Gasteiger partial charge in [-0.3, -0.25) is 4.79 Å². The first kappa shape index (κ1) is 8.74. The van der Waals surface area contributed by atoms with Gasteiger partial charge in [-0.1, -0.05) is 12.1 Å². The zero-order valence-corrected chi connectivity index (χ0v) is 7.60. The molecule has 2 aromatic rings. The van der Waals surface area contributed by atoms with E-state index in [2.05, 4.69) is 4.98 Å². The molecule has 0 aliphatic rings. The molecule has 1 amide bonds. The summed E-state index contributed by atoms with van der Waals surface area (Å²) < 4.78 is 13.3. The monoisotopic (exact) mass is 192 g/mol. The van der Waals surface area contributed by atoms with Crippen LogP contribution in [-0.2, 0) is 0 Å². The predicted octanol–water partition coefficient (Wildman–Crippen LogP) is 1.71. The molecule has 0 aliphatic heterocycles. The van der Waals surface area contributed by atoms with Crippen molar-refractivity contribution in [1.82, 2.24) is 4.98 Å². The van der Waals surface area contributed by atoms with Crippen molar-refractivity contribution in [2.45, 2.75) is 6.92 Å². The average molecular weight is 192 g/mol. The maximum absolute atomic E-state index is 13.3. The third kappa shape index (κ3) is 1.08. The van der Waals surface area contributed by atoms with Gasteiger partial charge in [-0.15, -0.1) is 0 Å². The number of aromatic nitrogens is 1. The molecule has 2 rings (SSSR count). The minimum atomic E-state index is -0.542. The van der Waals surface area contributed by atoms with Crippen LogP contribution in [0.2, 0.25) is 0 Å². The summed E-state index contributed by atoms with van der Waals surface area (Å²) >= 11 is 0. The van der Waals surface area contributed by atoms with Gasteiger partial charge in [-0.2, -0.15) is 0 Å². The molecule has 0 atom stereocenters. The van der Waals surface area contributed by atoms with Gasteiger partial charge in [0.2, 0.25) is 0 Å². The number of amides is 1. The molecule has 0 aliphatic carbocycles. The van der Waals surface area contributed by atoms with Crippen molar-refractivity contribution in [3.63, 3.8) is 0 Å². The van der Waals surface area contributed by atoms with Crippen molar-refractivity contribution in [2.24, 2.45) is 5.73 Å². The molecule has 3 N–H and O–H groups in total. The van der Waals surface area contributed by atoms with Crippen molar-refractivity contribution < 1.29 is 9.18 Å². The van der Waals surface area contributed by atoms with Crippen LogP contribution < -0.4 is 5.73 Å². The first-order valence-electron chi connectivity index (χ1n) is 4.18. The number of fused-ring (bicyclic) bond motifs is 1. The lowest BCUT2D eigenvalue weighted by Crippen LogP contribution is -2.11. The zero-order valence-electron chi connectivity index (χ0n) is 7.60. The van der Waals surface area contributed by atoms with E-state index < -0.39 is 5.91 Å². The molecule has 1 aromatic carbocycles. The smallest absolute Gasteiger partial charge is 0.251 e. The van der Waals surface area contributed by atoms with Crippen LogP contribution in [0.3, 0.4) is 0 Å². The molecular weight excluding hydrogens is 183 g/mol. The summed E-state index contributed by atoms with van der Waals surface area (Å²) in [5, 5.41) is 0.537. The number of hydrogen-bond donors (Lipinski definition) is 2. The van der Waals surface area contributed by atoms with Gasteiger partial charge in [-0.05, 0) is 13.0 Å². The molecule has 1 heterocycles. The number of rotatable bonds is 1. The topological polar surface area (TPSA) is 58.9 Å². The Labute approximate surface area is 79.7 Å². The second kappa shape index (κ2) is 2.83. The maximum Gasteiger partial charge on any atom is 0.251 e. The summed E-state index contributed by atoms with van der Waals surface area (Å²) in [7, 11) is 0. The summed E-state index contributed by atoms with van der Waals surface area (Å²) in [5.74, 6) is -0.919. The Morgan fingerprint density at radius 1 is 1.50 bits per heavy atom. The highest BCUT2D eigenvalue weighted by molar-refractivity contribution is 6.07. The fourth-order valence-electron chi connectivity index (χ4n) is 1.63. The highest BCUT2D eigenvalue weighted by atomic mass is 19.1. The minimum Gasteiger partial charge on any atom is -0.366 e. The third-order valence-electron chi connectivity index (χ3n) is 2.22. The van der Waals surface area contributed by atoms with Gasteiger partial charge in [0.1, 0.15) is 5.82 Å². The lowest BCUT2D eigenvalue weighted by atomic mass is 10.1. The normalized spacial score (nSPS) is 10.7. The molecule has 0 saturated heterocycles. The Balaban J connectivity index is 2.90. The summed E-state index contributed by atoms with van der Waals surface area (Å²) in [4.78, 5) is 13.9. The quantitative estimate of drug-likeness (QED) is 0.710.